The van der Waals surface area contributed by atoms with Gasteiger partial charge in [-0.2, -0.15) is 0 Å². The van der Waals surface area contributed by atoms with Crippen LogP contribution < -0.4 is 14.4 Å². The summed E-state index contributed by atoms with van der Waals surface area (Å²) in [6, 6.07) is 7.47. The van der Waals surface area contributed by atoms with Crippen LogP contribution in [-0.2, 0) is 4.79 Å². The zero-order chi connectivity index (χ0) is 17.2. The fourth-order valence-corrected chi connectivity index (χ4v) is 4.02. The minimum Gasteiger partial charge on any atom is -0.485 e. The fourth-order valence-electron chi connectivity index (χ4n) is 3.16. The van der Waals surface area contributed by atoms with Crippen molar-refractivity contribution in [1.29, 1.82) is 0 Å². The summed E-state index contributed by atoms with van der Waals surface area (Å²) in [5.41, 5.74) is 1.04. The van der Waals surface area contributed by atoms with Crippen molar-refractivity contribution in [3.05, 3.63) is 35.3 Å². The summed E-state index contributed by atoms with van der Waals surface area (Å²) in [6.07, 6.45) is 0.359. The van der Waals surface area contributed by atoms with Gasteiger partial charge in [0.25, 0.3) is 5.91 Å². The predicted octanol–water partition coefficient (Wildman–Crippen LogP) is 2.33. The molecule has 2 aromatic rings. The van der Waals surface area contributed by atoms with Gasteiger partial charge in [-0.15, -0.1) is 11.3 Å². The lowest BCUT2D eigenvalue weighted by molar-refractivity contribution is -0.141. The Kier molecular flexibility index (Phi) is 4.48. The summed E-state index contributed by atoms with van der Waals surface area (Å²) < 4.78 is 11.5. The lowest BCUT2D eigenvalue weighted by Crippen LogP contribution is -2.47. The molecule has 1 amide bonds. The molecule has 1 saturated heterocycles. The van der Waals surface area contributed by atoms with E-state index in [1.165, 1.54) is 0 Å². The van der Waals surface area contributed by atoms with Gasteiger partial charge in [-0.05, 0) is 25.5 Å². The number of thiazole rings is 1. The Labute approximate surface area is 151 Å². The van der Waals surface area contributed by atoms with E-state index in [4.69, 9.17) is 9.47 Å². The first-order chi connectivity index (χ1) is 12.2. The summed E-state index contributed by atoms with van der Waals surface area (Å²) >= 11 is 1.66. The zero-order valence-corrected chi connectivity index (χ0v) is 15.0. The molecule has 0 aliphatic carbocycles. The van der Waals surface area contributed by atoms with Gasteiger partial charge >= 0.3 is 0 Å². The van der Waals surface area contributed by atoms with E-state index in [2.05, 4.69) is 15.3 Å². The molecule has 0 bridgehead atoms. The van der Waals surface area contributed by atoms with Crippen LogP contribution >= 0.6 is 11.3 Å². The van der Waals surface area contributed by atoms with E-state index in [0.717, 1.165) is 36.9 Å². The van der Waals surface area contributed by atoms with Gasteiger partial charge in [-0.3, -0.25) is 4.79 Å². The summed E-state index contributed by atoms with van der Waals surface area (Å²) in [5, 5.41) is 3.10. The third kappa shape index (κ3) is 3.42. The van der Waals surface area contributed by atoms with E-state index < -0.39 is 6.10 Å². The molecular weight excluding hydrogens is 338 g/mol. The van der Waals surface area contributed by atoms with Crippen LogP contribution in [-0.4, -0.2) is 54.7 Å². The Morgan fingerprint density at radius 2 is 2.04 bits per heavy atom. The molecule has 1 aromatic carbocycles. The topological polar surface area (TPSA) is 54.9 Å². The van der Waals surface area contributed by atoms with E-state index in [1.807, 2.05) is 36.1 Å². The van der Waals surface area contributed by atoms with Gasteiger partial charge in [0, 0.05) is 31.6 Å². The second-order valence-electron chi connectivity index (χ2n) is 6.30. The molecule has 7 heteroatoms. The molecule has 0 N–H and O–H groups in total. The van der Waals surface area contributed by atoms with Crippen LogP contribution in [0.15, 0.2) is 29.6 Å². The van der Waals surface area contributed by atoms with E-state index >= 15 is 0 Å². The van der Waals surface area contributed by atoms with E-state index in [-0.39, 0.29) is 12.5 Å². The van der Waals surface area contributed by atoms with Crippen molar-refractivity contribution < 1.29 is 14.3 Å². The number of benzene rings is 1. The highest BCUT2D eigenvalue weighted by atomic mass is 32.1. The average Bonchev–Trinajstić information content (AvgIpc) is 2.93. The summed E-state index contributed by atoms with van der Waals surface area (Å²) in [5.74, 6) is 1.35. The number of ether oxygens (including phenoxy) is 2. The monoisotopic (exact) mass is 359 g/mol. The molecule has 6 nitrogen and oxygen atoms in total. The van der Waals surface area contributed by atoms with E-state index in [9.17, 15) is 4.79 Å². The molecule has 2 aliphatic heterocycles. The normalized spacial score (nSPS) is 20.3. The van der Waals surface area contributed by atoms with Crippen molar-refractivity contribution >= 4 is 22.4 Å². The van der Waals surface area contributed by atoms with Gasteiger partial charge in [0.05, 0.1) is 5.69 Å². The Morgan fingerprint density at radius 1 is 1.20 bits per heavy atom. The highest BCUT2D eigenvalue weighted by molar-refractivity contribution is 7.13. The highest BCUT2D eigenvalue weighted by Gasteiger charge is 2.32. The van der Waals surface area contributed by atoms with Gasteiger partial charge in [-0.25, -0.2) is 4.98 Å². The molecule has 25 heavy (non-hydrogen) atoms. The first-order valence-corrected chi connectivity index (χ1v) is 9.43. The first-order valence-electron chi connectivity index (χ1n) is 8.55. The van der Waals surface area contributed by atoms with Crippen LogP contribution in [0.4, 0.5) is 5.13 Å². The maximum Gasteiger partial charge on any atom is 0.267 e. The van der Waals surface area contributed by atoms with Crippen molar-refractivity contribution in [2.24, 2.45) is 0 Å². The number of aromatic nitrogens is 1. The maximum absolute atomic E-state index is 12.9. The van der Waals surface area contributed by atoms with Crippen molar-refractivity contribution in [2.45, 2.75) is 19.4 Å². The number of carbonyl (C=O) groups is 1. The standard InChI is InChI=1S/C18H21N3O3S/c1-13-12-25-18(19-13)21-8-4-7-20(9-10-21)17(22)16-11-23-14-5-2-3-6-15(14)24-16/h2-3,5-6,12,16H,4,7-11H2,1H3. The average molecular weight is 359 g/mol. The van der Waals surface area contributed by atoms with Crippen molar-refractivity contribution in [1.82, 2.24) is 9.88 Å². The second kappa shape index (κ2) is 6.92. The van der Waals surface area contributed by atoms with Crippen LogP contribution in [0.2, 0.25) is 0 Å². The molecule has 3 heterocycles. The van der Waals surface area contributed by atoms with Crippen molar-refractivity contribution in [3.8, 4) is 11.5 Å². The lowest BCUT2D eigenvalue weighted by atomic mass is 10.2. The summed E-state index contributed by atoms with van der Waals surface area (Å²) in [6.45, 7) is 5.40. The molecule has 132 valence electrons. The zero-order valence-electron chi connectivity index (χ0n) is 14.2. The number of hydrogen-bond donors (Lipinski definition) is 0. The molecule has 1 fully saturated rings. The van der Waals surface area contributed by atoms with Gasteiger partial charge in [-0.1, -0.05) is 12.1 Å². The fraction of sp³-hybridized carbons (Fsp3) is 0.444. The van der Waals surface area contributed by atoms with Crippen LogP contribution in [0.1, 0.15) is 12.1 Å². The number of carbonyl (C=O) groups excluding carboxylic acids is 1. The molecule has 2 aliphatic rings. The number of aryl methyl sites for hydroxylation is 1. The first kappa shape index (κ1) is 16.2. The minimum absolute atomic E-state index is 0.00618. The molecule has 1 aromatic heterocycles. The number of anilines is 1. The Hall–Kier alpha value is -2.28. The number of hydrogen-bond acceptors (Lipinski definition) is 6. The quantitative estimate of drug-likeness (QED) is 0.824. The van der Waals surface area contributed by atoms with Crippen LogP contribution in [0.25, 0.3) is 0 Å². The minimum atomic E-state index is -0.566. The largest absolute Gasteiger partial charge is 0.485 e. The second-order valence-corrected chi connectivity index (χ2v) is 7.14. The Morgan fingerprint density at radius 3 is 2.84 bits per heavy atom. The Bertz CT molecular complexity index is 764. The third-order valence-electron chi connectivity index (χ3n) is 4.47. The van der Waals surface area contributed by atoms with Crippen LogP contribution in [0.5, 0.6) is 11.5 Å². The lowest BCUT2D eigenvalue weighted by Gasteiger charge is -2.30. The van der Waals surface area contributed by atoms with Crippen LogP contribution in [0.3, 0.4) is 0 Å². The number of amides is 1. The van der Waals surface area contributed by atoms with Gasteiger partial charge < -0.3 is 19.3 Å². The summed E-state index contributed by atoms with van der Waals surface area (Å²) in [7, 11) is 0. The van der Waals surface area contributed by atoms with Crippen molar-refractivity contribution in [2.75, 3.05) is 37.7 Å². The van der Waals surface area contributed by atoms with Gasteiger partial charge in [0.2, 0.25) is 6.10 Å². The van der Waals surface area contributed by atoms with E-state index in [1.54, 1.807) is 11.3 Å². The third-order valence-corrected chi connectivity index (χ3v) is 5.49. The highest BCUT2D eigenvalue weighted by Crippen LogP contribution is 2.31. The molecule has 0 saturated carbocycles. The summed E-state index contributed by atoms with van der Waals surface area (Å²) in [4.78, 5) is 21.6. The Balaban J connectivity index is 1.40. The van der Waals surface area contributed by atoms with Gasteiger partial charge in [0.15, 0.2) is 16.6 Å². The molecular formula is C18H21N3O3S. The van der Waals surface area contributed by atoms with Crippen molar-refractivity contribution in [3.63, 3.8) is 0 Å². The maximum atomic E-state index is 12.9. The molecule has 1 atom stereocenters. The molecule has 0 radical (unpaired) electrons. The predicted molar refractivity (Wildman–Crippen MR) is 96.6 cm³/mol. The molecule has 1 unspecified atom stereocenters. The van der Waals surface area contributed by atoms with Gasteiger partial charge in [0.1, 0.15) is 6.61 Å². The molecule has 4 rings (SSSR count). The number of fused-ring (bicyclic) bond motifs is 1. The molecule has 0 spiro atoms. The number of nitrogens with zero attached hydrogens (tertiary/aromatic N) is 3. The number of rotatable bonds is 2. The van der Waals surface area contributed by atoms with Crippen LogP contribution in [0, 0.1) is 6.92 Å². The van der Waals surface area contributed by atoms with E-state index in [0.29, 0.717) is 18.0 Å². The SMILES string of the molecule is Cc1csc(N2CCCN(C(=O)C3COc4ccccc4O3)CC2)n1. The number of para-hydroxylation sites is 2. The smallest absolute Gasteiger partial charge is 0.267 e.